The van der Waals surface area contributed by atoms with Crippen LogP contribution in [0, 0.1) is 6.92 Å². The van der Waals surface area contributed by atoms with Crippen molar-refractivity contribution in [1.29, 1.82) is 0 Å². The predicted molar refractivity (Wildman–Crippen MR) is 83.7 cm³/mol. The Morgan fingerprint density at radius 2 is 2.00 bits per heavy atom. The molecule has 0 saturated heterocycles. The largest absolute Gasteiger partial charge is 0.459 e. The highest BCUT2D eigenvalue weighted by Crippen LogP contribution is 2.24. The first-order valence-electron chi connectivity index (χ1n) is 7.31. The third-order valence-electron chi connectivity index (χ3n) is 3.81. The van der Waals surface area contributed by atoms with Crippen LogP contribution in [-0.4, -0.2) is 19.6 Å². The number of oxazole rings is 1. The summed E-state index contributed by atoms with van der Waals surface area (Å²) < 4.78 is 13.0. The van der Waals surface area contributed by atoms with Gasteiger partial charge in [-0.05, 0) is 31.2 Å². The maximum Gasteiger partial charge on any atom is 0.263 e. The molecule has 4 rings (SSSR count). The zero-order chi connectivity index (χ0) is 15.8. The van der Waals surface area contributed by atoms with Gasteiger partial charge >= 0.3 is 0 Å². The maximum atomic E-state index is 9.58. The molecule has 6 heteroatoms. The average Bonchev–Trinajstić information content (AvgIpc) is 3.28. The van der Waals surface area contributed by atoms with E-state index in [1.807, 2.05) is 35.8 Å². The Balaban J connectivity index is 1.76. The van der Waals surface area contributed by atoms with Crippen LogP contribution in [0.5, 0.6) is 0 Å². The molecule has 0 saturated carbocycles. The van der Waals surface area contributed by atoms with E-state index in [0.717, 1.165) is 22.5 Å². The van der Waals surface area contributed by atoms with E-state index in [1.165, 1.54) is 0 Å². The monoisotopic (exact) mass is 309 g/mol. The van der Waals surface area contributed by atoms with Gasteiger partial charge in [-0.15, -0.1) is 0 Å². The van der Waals surface area contributed by atoms with E-state index in [1.54, 1.807) is 18.4 Å². The molecule has 1 aromatic carbocycles. The molecule has 1 N–H and O–H groups in total. The number of para-hydroxylation sites is 2. The highest BCUT2D eigenvalue weighted by Gasteiger charge is 2.16. The third kappa shape index (κ3) is 2.33. The van der Waals surface area contributed by atoms with Gasteiger partial charge in [0.2, 0.25) is 0 Å². The van der Waals surface area contributed by atoms with Gasteiger partial charge in [0.15, 0.2) is 5.76 Å². The minimum atomic E-state index is -0.128. The topological polar surface area (TPSA) is 77.2 Å². The van der Waals surface area contributed by atoms with E-state index in [9.17, 15) is 5.11 Å². The van der Waals surface area contributed by atoms with Crippen molar-refractivity contribution in [1.82, 2.24) is 14.5 Å². The summed E-state index contributed by atoms with van der Waals surface area (Å²) in [6.45, 7) is 2.22. The summed E-state index contributed by atoms with van der Waals surface area (Å²) in [6, 6.07) is 11.4. The number of furan rings is 1. The van der Waals surface area contributed by atoms with E-state index in [4.69, 9.17) is 8.83 Å². The van der Waals surface area contributed by atoms with E-state index in [0.29, 0.717) is 24.0 Å². The van der Waals surface area contributed by atoms with Crippen LogP contribution < -0.4 is 0 Å². The second-order valence-electron chi connectivity index (χ2n) is 5.26. The lowest BCUT2D eigenvalue weighted by atomic mass is 10.3. The number of aryl methyl sites for hydroxylation is 1. The van der Waals surface area contributed by atoms with E-state index < -0.39 is 0 Å². The molecule has 0 bridgehead atoms. The Morgan fingerprint density at radius 3 is 2.78 bits per heavy atom. The van der Waals surface area contributed by atoms with Gasteiger partial charge in [-0.25, -0.2) is 9.97 Å². The standard InChI is InChI=1S/C17H15N3O3/c1-11-13(19-17(23-11)15-7-4-8-22-15)9-20-14-6-3-2-5-12(14)18-16(20)10-21/h2-8,21H,9-10H2,1H3. The summed E-state index contributed by atoms with van der Waals surface area (Å²) in [6.07, 6.45) is 1.59. The second kappa shape index (κ2) is 5.40. The minimum absolute atomic E-state index is 0.128. The summed E-state index contributed by atoms with van der Waals surface area (Å²) in [5, 5.41) is 9.58. The van der Waals surface area contributed by atoms with Crippen LogP contribution in [0.3, 0.4) is 0 Å². The first-order valence-corrected chi connectivity index (χ1v) is 7.31. The fourth-order valence-electron chi connectivity index (χ4n) is 2.65. The van der Waals surface area contributed by atoms with Gasteiger partial charge in [0.05, 0.1) is 23.8 Å². The van der Waals surface area contributed by atoms with Crippen molar-refractivity contribution >= 4 is 11.0 Å². The van der Waals surface area contributed by atoms with Crippen molar-refractivity contribution in [3.63, 3.8) is 0 Å². The van der Waals surface area contributed by atoms with Crippen LogP contribution in [0.4, 0.5) is 0 Å². The van der Waals surface area contributed by atoms with Gasteiger partial charge in [0.25, 0.3) is 5.89 Å². The van der Waals surface area contributed by atoms with Gasteiger partial charge in [-0.2, -0.15) is 0 Å². The van der Waals surface area contributed by atoms with Crippen LogP contribution in [0.25, 0.3) is 22.7 Å². The number of fused-ring (bicyclic) bond motifs is 1. The van der Waals surface area contributed by atoms with Gasteiger partial charge in [-0.1, -0.05) is 12.1 Å². The average molecular weight is 309 g/mol. The van der Waals surface area contributed by atoms with Crippen LogP contribution >= 0.6 is 0 Å². The molecule has 4 aromatic rings. The predicted octanol–water partition coefficient (Wildman–Crippen LogP) is 3.13. The highest BCUT2D eigenvalue weighted by atomic mass is 16.4. The molecule has 116 valence electrons. The molecule has 23 heavy (non-hydrogen) atoms. The first-order chi connectivity index (χ1) is 11.3. The van der Waals surface area contributed by atoms with Crippen LogP contribution in [0.2, 0.25) is 0 Å². The van der Waals surface area contributed by atoms with Crippen molar-refractivity contribution in [3.05, 3.63) is 59.9 Å². The van der Waals surface area contributed by atoms with Gasteiger partial charge < -0.3 is 18.5 Å². The fourth-order valence-corrected chi connectivity index (χ4v) is 2.65. The Hall–Kier alpha value is -2.86. The molecule has 0 radical (unpaired) electrons. The molecule has 3 heterocycles. The SMILES string of the molecule is Cc1oc(-c2ccco2)nc1Cn1c(CO)nc2ccccc21. The Labute approximate surface area is 132 Å². The molecule has 0 aliphatic rings. The minimum Gasteiger partial charge on any atom is -0.459 e. The third-order valence-corrected chi connectivity index (χ3v) is 3.81. The van der Waals surface area contributed by atoms with E-state index in [2.05, 4.69) is 9.97 Å². The van der Waals surface area contributed by atoms with Crippen molar-refractivity contribution in [2.75, 3.05) is 0 Å². The van der Waals surface area contributed by atoms with Gasteiger partial charge in [0.1, 0.15) is 23.9 Å². The van der Waals surface area contributed by atoms with Crippen LogP contribution in [0.1, 0.15) is 17.3 Å². The Bertz CT molecular complexity index is 951. The molecule has 0 amide bonds. The summed E-state index contributed by atoms with van der Waals surface area (Å²) in [5.41, 5.74) is 2.59. The number of aromatic nitrogens is 3. The van der Waals surface area contributed by atoms with Crippen molar-refractivity contribution in [2.45, 2.75) is 20.1 Å². The zero-order valence-electron chi connectivity index (χ0n) is 12.6. The molecular weight excluding hydrogens is 294 g/mol. The number of benzene rings is 1. The molecule has 0 atom stereocenters. The number of aliphatic hydroxyl groups excluding tert-OH is 1. The lowest BCUT2D eigenvalue weighted by molar-refractivity contribution is 0.267. The maximum absolute atomic E-state index is 9.58. The number of imidazole rings is 1. The summed E-state index contributed by atoms with van der Waals surface area (Å²) >= 11 is 0. The molecule has 0 aliphatic heterocycles. The van der Waals surface area contributed by atoms with E-state index >= 15 is 0 Å². The highest BCUT2D eigenvalue weighted by molar-refractivity contribution is 5.76. The van der Waals surface area contributed by atoms with Crippen molar-refractivity contribution in [2.24, 2.45) is 0 Å². The quantitative estimate of drug-likeness (QED) is 0.626. The van der Waals surface area contributed by atoms with Crippen molar-refractivity contribution < 1.29 is 13.9 Å². The zero-order valence-corrected chi connectivity index (χ0v) is 12.6. The first kappa shape index (κ1) is 13.8. The molecular formula is C17H15N3O3. The number of nitrogens with zero attached hydrogens (tertiary/aromatic N) is 3. The number of hydrogen-bond donors (Lipinski definition) is 1. The Morgan fingerprint density at radius 1 is 1.13 bits per heavy atom. The molecule has 0 aliphatic carbocycles. The molecule has 3 aromatic heterocycles. The smallest absolute Gasteiger partial charge is 0.263 e. The summed E-state index contributed by atoms with van der Waals surface area (Å²) in [4.78, 5) is 8.97. The Kier molecular flexibility index (Phi) is 3.24. The molecule has 6 nitrogen and oxygen atoms in total. The van der Waals surface area contributed by atoms with Crippen LogP contribution in [0.15, 0.2) is 51.5 Å². The number of rotatable bonds is 4. The lowest BCUT2D eigenvalue weighted by Gasteiger charge is -2.05. The fraction of sp³-hybridized carbons (Fsp3) is 0.176. The lowest BCUT2D eigenvalue weighted by Crippen LogP contribution is -2.06. The number of aliphatic hydroxyl groups is 1. The van der Waals surface area contributed by atoms with Gasteiger partial charge in [0, 0.05) is 0 Å². The van der Waals surface area contributed by atoms with E-state index in [-0.39, 0.29) is 6.61 Å². The second-order valence-corrected chi connectivity index (χ2v) is 5.26. The number of hydrogen-bond acceptors (Lipinski definition) is 5. The van der Waals surface area contributed by atoms with Crippen molar-refractivity contribution in [3.8, 4) is 11.7 Å². The van der Waals surface area contributed by atoms with Gasteiger partial charge in [-0.3, -0.25) is 0 Å². The van der Waals surface area contributed by atoms with Crippen LogP contribution in [-0.2, 0) is 13.2 Å². The molecule has 0 spiro atoms. The summed E-state index contributed by atoms with van der Waals surface area (Å²) in [5.74, 6) is 2.38. The molecule has 0 fully saturated rings. The normalized spacial score (nSPS) is 11.4. The molecule has 0 unspecified atom stereocenters. The summed E-state index contributed by atoms with van der Waals surface area (Å²) in [7, 11) is 0.